The quantitative estimate of drug-likeness (QED) is 0.492. The van der Waals surface area contributed by atoms with E-state index in [1.54, 1.807) is 36.4 Å². The number of halogens is 1. The van der Waals surface area contributed by atoms with Crippen LogP contribution in [0.25, 0.3) is 0 Å². The molecule has 0 unspecified atom stereocenters. The molecule has 0 aliphatic rings. The summed E-state index contributed by atoms with van der Waals surface area (Å²) < 4.78 is 5.97. The Labute approximate surface area is 123 Å². The summed E-state index contributed by atoms with van der Waals surface area (Å²) in [6.45, 7) is 0. The molecule has 19 heavy (non-hydrogen) atoms. The molecule has 2 N–H and O–H groups in total. The first-order chi connectivity index (χ1) is 9.16. The molecule has 6 heteroatoms. The number of aliphatic hydroxyl groups excluding tert-OH is 1. The summed E-state index contributed by atoms with van der Waals surface area (Å²) in [5.74, 6) is -0.0670. The predicted molar refractivity (Wildman–Crippen MR) is 78.6 cm³/mol. The fourth-order valence-corrected chi connectivity index (χ4v) is 1.84. The minimum absolute atomic E-state index is 0.516. The number of furan rings is 1. The Morgan fingerprint density at radius 3 is 2.68 bits per heavy atom. The van der Waals surface area contributed by atoms with Crippen molar-refractivity contribution in [3.05, 3.63) is 57.6 Å². The summed E-state index contributed by atoms with van der Waals surface area (Å²) in [5, 5.41) is 13.5. The Bertz CT molecular complexity index is 581. The fraction of sp³-hybridized carbons (Fsp3) is 0.0769. The van der Waals surface area contributed by atoms with Crippen molar-refractivity contribution in [2.24, 2.45) is 5.10 Å². The third kappa shape index (κ3) is 3.90. The summed E-state index contributed by atoms with van der Waals surface area (Å²) in [6.07, 6.45) is 0.132. The number of amides is 1. The third-order valence-corrected chi connectivity index (χ3v) is 2.90. The Morgan fingerprint density at radius 1 is 1.32 bits per heavy atom. The molecule has 0 aliphatic carbocycles. The molecule has 0 spiro atoms. The second-order valence-electron chi connectivity index (χ2n) is 3.69. The van der Waals surface area contributed by atoms with Crippen molar-refractivity contribution in [3.63, 3.8) is 0 Å². The third-order valence-electron chi connectivity index (χ3n) is 2.32. The molecule has 0 saturated heterocycles. The van der Waals surface area contributed by atoms with E-state index in [4.69, 9.17) is 4.42 Å². The minimum Gasteiger partial charge on any atom is -0.449 e. The van der Waals surface area contributed by atoms with Crippen molar-refractivity contribution in [3.8, 4) is 0 Å². The molecule has 0 radical (unpaired) electrons. The normalized spacial score (nSPS) is 12.5. The van der Waals surface area contributed by atoms with Gasteiger partial charge in [0.05, 0.1) is 6.21 Å². The minimum atomic E-state index is -1.24. The highest BCUT2D eigenvalue weighted by Crippen LogP contribution is 2.11. The maximum absolute atomic E-state index is 11.6. The van der Waals surface area contributed by atoms with E-state index in [1.807, 2.05) is 28.7 Å². The van der Waals surface area contributed by atoms with Crippen LogP contribution in [-0.2, 0) is 4.79 Å². The number of hydrogen-bond donors (Lipinski definition) is 2. The number of hydrazone groups is 1. The van der Waals surface area contributed by atoms with Gasteiger partial charge in [0, 0.05) is 0 Å². The maximum Gasteiger partial charge on any atom is 0.273 e. The Morgan fingerprint density at radius 2 is 2.05 bits per heavy atom. The van der Waals surface area contributed by atoms with Crippen molar-refractivity contribution >= 4 is 34.7 Å². The fourth-order valence-electron chi connectivity index (χ4n) is 1.41. The van der Waals surface area contributed by atoms with Crippen LogP contribution in [0.1, 0.15) is 17.4 Å². The number of nitrogens with zero attached hydrogens (tertiary/aromatic N) is 1. The second-order valence-corrected chi connectivity index (χ2v) is 4.75. The number of nitrogens with one attached hydrogen (secondary N) is 1. The van der Waals surface area contributed by atoms with Crippen LogP contribution in [-0.4, -0.2) is 17.2 Å². The Kier molecular flexibility index (Phi) is 4.69. The van der Waals surface area contributed by atoms with Gasteiger partial charge in [-0.2, -0.15) is 5.10 Å². The molecule has 1 aromatic heterocycles. The number of aliphatic hydroxyl groups is 1. The van der Waals surface area contributed by atoms with Crippen LogP contribution in [0.15, 0.2) is 52.0 Å². The molecule has 1 amide bonds. The van der Waals surface area contributed by atoms with E-state index in [-0.39, 0.29) is 0 Å². The maximum atomic E-state index is 11.6. The summed E-state index contributed by atoms with van der Waals surface area (Å²) >= 11 is 2.03. The summed E-state index contributed by atoms with van der Waals surface area (Å²) in [5.41, 5.74) is 2.77. The highest BCUT2D eigenvalue weighted by Gasteiger charge is 2.15. The average Bonchev–Trinajstić information content (AvgIpc) is 2.84. The van der Waals surface area contributed by atoms with Gasteiger partial charge in [-0.15, -0.1) is 0 Å². The van der Waals surface area contributed by atoms with E-state index in [0.29, 0.717) is 11.3 Å². The molecule has 5 nitrogen and oxygen atoms in total. The van der Waals surface area contributed by atoms with Crippen molar-refractivity contribution < 1.29 is 14.3 Å². The summed E-state index contributed by atoms with van der Waals surface area (Å²) in [7, 11) is 0. The van der Waals surface area contributed by atoms with E-state index in [1.165, 1.54) is 6.21 Å². The van der Waals surface area contributed by atoms with Crippen LogP contribution >= 0.6 is 22.6 Å². The number of benzene rings is 1. The molecule has 0 fully saturated rings. The van der Waals surface area contributed by atoms with Crippen molar-refractivity contribution in [1.29, 1.82) is 0 Å². The smallest absolute Gasteiger partial charge is 0.273 e. The van der Waals surface area contributed by atoms with Crippen LogP contribution in [0.4, 0.5) is 0 Å². The van der Waals surface area contributed by atoms with Crippen molar-refractivity contribution in [2.75, 3.05) is 0 Å². The molecule has 98 valence electrons. The van der Waals surface area contributed by atoms with E-state index in [2.05, 4.69) is 10.5 Å². The first kappa shape index (κ1) is 13.8. The van der Waals surface area contributed by atoms with E-state index >= 15 is 0 Å². The summed E-state index contributed by atoms with van der Waals surface area (Å²) in [4.78, 5) is 11.6. The van der Waals surface area contributed by atoms with Gasteiger partial charge >= 0.3 is 0 Å². The number of hydrogen-bond acceptors (Lipinski definition) is 4. The van der Waals surface area contributed by atoms with Gasteiger partial charge in [0.1, 0.15) is 5.76 Å². The van der Waals surface area contributed by atoms with Crippen LogP contribution in [0.5, 0.6) is 0 Å². The van der Waals surface area contributed by atoms with Crippen LogP contribution < -0.4 is 5.43 Å². The van der Waals surface area contributed by atoms with E-state index in [0.717, 1.165) is 3.77 Å². The predicted octanol–water partition coefficient (Wildman–Crippen LogP) is 2.07. The molecule has 1 atom stereocenters. The van der Waals surface area contributed by atoms with Crippen molar-refractivity contribution in [1.82, 2.24) is 5.43 Å². The zero-order valence-electron chi connectivity index (χ0n) is 9.79. The van der Waals surface area contributed by atoms with Gasteiger partial charge in [0.25, 0.3) is 5.91 Å². The lowest BCUT2D eigenvalue weighted by atomic mass is 10.1. The monoisotopic (exact) mass is 370 g/mol. The molecular weight excluding hydrogens is 359 g/mol. The van der Waals surface area contributed by atoms with Gasteiger partial charge in [-0.25, -0.2) is 5.43 Å². The lowest BCUT2D eigenvalue weighted by molar-refractivity contribution is -0.129. The SMILES string of the molecule is O=C(N/N=C\c1ccc(I)o1)[C@@H](O)c1ccccc1. The first-order valence-electron chi connectivity index (χ1n) is 5.48. The van der Waals surface area contributed by atoms with Gasteiger partial charge in [0.2, 0.25) is 0 Å². The topological polar surface area (TPSA) is 74.8 Å². The van der Waals surface area contributed by atoms with Gasteiger partial charge in [-0.3, -0.25) is 4.79 Å². The largest absolute Gasteiger partial charge is 0.449 e. The molecule has 0 aliphatic heterocycles. The van der Waals surface area contributed by atoms with Gasteiger partial charge in [0.15, 0.2) is 9.87 Å². The average molecular weight is 370 g/mol. The van der Waals surface area contributed by atoms with Gasteiger partial charge in [-0.05, 0) is 40.3 Å². The Balaban J connectivity index is 1.93. The van der Waals surface area contributed by atoms with E-state index in [9.17, 15) is 9.90 Å². The highest BCUT2D eigenvalue weighted by atomic mass is 127. The second kappa shape index (κ2) is 6.48. The molecule has 0 saturated carbocycles. The molecule has 2 rings (SSSR count). The van der Waals surface area contributed by atoms with Crippen LogP contribution in [0.3, 0.4) is 0 Å². The molecular formula is C13H11IN2O3. The van der Waals surface area contributed by atoms with Gasteiger partial charge < -0.3 is 9.52 Å². The zero-order valence-corrected chi connectivity index (χ0v) is 11.9. The van der Waals surface area contributed by atoms with Crippen LogP contribution in [0.2, 0.25) is 0 Å². The molecule has 0 bridgehead atoms. The standard InChI is InChI=1S/C13H11IN2O3/c14-11-7-6-10(19-11)8-15-16-13(18)12(17)9-4-2-1-3-5-9/h1-8,12,17H,(H,16,18)/b15-8-/t12-/m0/s1. The lowest BCUT2D eigenvalue weighted by Gasteiger charge is -2.08. The number of rotatable bonds is 4. The van der Waals surface area contributed by atoms with Crippen LogP contribution in [0, 0.1) is 3.77 Å². The molecule has 1 aromatic carbocycles. The highest BCUT2D eigenvalue weighted by molar-refractivity contribution is 14.1. The lowest BCUT2D eigenvalue weighted by Crippen LogP contribution is -2.25. The number of carbonyl (C=O) groups is 1. The zero-order chi connectivity index (χ0) is 13.7. The summed E-state index contributed by atoms with van der Waals surface area (Å²) in [6, 6.07) is 12.2. The van der Waals surface area contributed by atoms with Gasteiger partial charge in [-0.1, -0.05) is 30.3 Å². The first-order valence-corrected chi connectivity index (χ1v) is 6.56. The molecule has 1 heterocycles. The van der Waals surface area contributed by atoms with E-state index < -0.39 is 12.0 Å². The van der Waals surface area contributed by atoms with Crippen molar-refractivity contribution in [2.45, 2.75) is 6.10 Å². The Hall–Kier alpha value is -1.67. The number of carbonyl (C=O) groups excluding carboxylic acids is 1. The molecule has 2 aromatic rings.